The Labute approximate surface area is 131 Å². The van der Waals surface area contributed by atoms with E-state index in [0.29, 0.717) is 19.8 Å². The smallest absolute Gasteiger partial charge is 0.319 e. The molecule has 1 saturated heterocycles. The van der Waals surface area contributed by atoms with Crippen LogP contribution >= 0.6 is 0 Å². The van der Waals surface area contributed by atoms with Crippen molar-refractivity contribution >= 4 is 11.7 Å². The van der Waals surface area contributed by atoms with E-state index in [4.69, 9.17) is 14.2 Å². The largest absolute Gasteiger partial charge is 0.497 e. The Morgan fingerprint density at radius 3 is 2.55 bits per heavy atom. The molecule has 0 spiro atoms. The van der Waals surface area contributed by atoms with Crippen LogP contribution in [0.1, 0.15) is 20.3 Å². The molecule has 0 aromatic heterocycles. The highest BCUT2D eigenvalue weighted by molar-refractivity contribution is 5.89. The molecule has 1 aromatic carbocycles. The van der Waals surface area contributed by atoms with Gasteiger partial charge in [-0.25, -0.2) is 4.79 Å². The monoisotopic (exact) mass is 308 g/mol. The van der Waals surface area contributed by atoms with Crippen molar-refractivity contribution in [3.8, 4) is 5.75 Å². The van der Waals surface area contributed by atoms with Gasteiger partial charge in [-0.2, -0.15) is 0 Å². The molecular formula is C16H24N2O4. The first-order chi connectivity index (χ1) is 10.5. The minimum atomic E-state index is -0.520. The SMILES string of the molecule is COc1ccc(NC(=O)NC[C@@H](C)CC2(C)OCCO2)cc1. The molecule has 0 unspecified atom stereocenters. The highest BCUT2D eigenvalue weighted by Gasteiger charge is 2.32. The highest BCUT2D eigenvalue weighted by Crippen LogP contribution is 2.26. The van der Waals surface area contributed by atoms with Crippen LogP contribution in [0.25, 0.3) is 0 Å². The summed E-state index contributed by atoms with van der Waals surface area (Å²) in [5.74, 6) is 0.488. The molecule has 1 aromatic rings. The molecule has 1 aliphatic heterocycles. The number of carbonyl (C=O) groups excluding carboxylic acids is 1. The third-order valence-electron chi connectivity index (χ3n) is 3.58. The minimum absolute atomic E-state index is 0.226. The third-order valence-corrected chi connectivity index (χ3v) is 3.58. The van der Waals surface area contributed by atoms with Gasteiger partial charge in [0.05, 0.1) is 20.3 Å². The fourth-order valence-corrected chi connectivity index (χ4v) is 2.50. The third kappa shape index (κ3) is 4.89. The molecule has 22 heavy (non-hydrogen) atoms. The van der Waals surface area contributed by atoms with Crippen molar-refractivity contribution in [2.75, 3.05) is 32.2 Å². The normalized spacial score (nSPS) is 17.8. The Hall–Kier alpha value is -1.79. The van der Waals surface area contributed by atoms with Crippen LogP contribution in [0.15, 0.2) is 24.3 Å². The second-order valence-electron chi connectivity index (χ2n) is 5.70. The zero-order chi connectivity index (χ0) is 16.0. The van der Waals surface area contributed by atoms with Gasteiger partial charge in [0.2, 0.25) is 0 Å². The summed E-state index contributed by atoms with van der Waals surface area (Å²) in [6, 6.07) is 6.96. The van der Waals surface area contributed by atoms with Crippen molar-refractivity contribution in [1.82, 2.24) is 5.32 Å². The molecule has 0 radical (unpaired) electrons. The van der Waals surface area contributed by atoms with Gasteiger partial charge in [-0.05, 0) is 37.1 Å². The molecule has 0 bridgehead atoms. The van der Waals surface area contributed by atoms with Crippen LogP contribution in [0.3, 0.4) is 0 Å². The lowest BCUT2D eigenvalue weighted by Crippen LogP contribution is -2.36. The Balaban J connectivity index is 1.72. The van der Waals surface area contributed by atoms with Gasteiger partial charge < -0.3 is 24.8 Å². The zero-order valence-corrected chi connectivity index (χ0v) is 13.3. The number of hydrogen-bond acceptors (Lipinski definition) is 4. The van der Waals surface area contributed by atoms with Crippen molar-refractivity contribution < 1.29 is 19.0 Å². The maximum atomic E-state index is 11.9. The second-order valence-corrected chi connectivity index (χ2v) is 5.70. The van der Waals surface area contributed by atoms with Gasteiger partial charge in [0.25, 0.3) is 0 Å². The van der Waals surface area contributed by atoms with Crippen molar-refractivity contribution in [3.05, 3.63) is 24.3 Å². The average molecular weight is 308 g/mol. The number of nitrogens with one attached hydrogen (secondary N) is 2. The molecule has 1 aliphatic rings. The summed E-state index contributed by atoms with van der Waals surface area (Å²) in [6.45, 7) is 5.82. The molecule has 0 aliphatic carbocycles. The number of carbonyl (C=O) groups is 1. The van der Waals surface area contributed by atoms with Crippen LogP contribution in [0, 0.1) is 5.92 Å². The lowest BCUT2D eigenvalue weighted by atomic mass is 10.0. The predicted octanol–water partition coefficient (Wildman–Crippen LogP) is 2.61. The molecule has 6 nitrogen and oxygen atoms in total. The minimum Gasteiger partial charge on any atom is -0.497 e. The van der Waals surface area contributed by atoms with Crippen LogP contribution in [0.5, 0.6) is 5.75 Å². The number of urea groups is 1. The van der Waals surface area contributed by atoms with Crippen LogP contribution < -0.4 is 15.4 Å². The fraction of sp³-hybridized carbons (Fsp3) is 0.562. The number of rotatable bonds is 6. The van der Waals surface area contributed by atoms with Gasteiger partial charge in [-0.15, -0.1) is 0 Å². The lowest BCUT2D eigenvalue weighted by molar-refractivity contribution is -0.153. The summed E-state index contributed by atoms with van der Waals surface area (Å²) in [7, 11) is 1.61. The molecule has 1 atom stereocenters. The van der Waals surface area contributed by atoms with E-state index in [-0.39, 0.29) is 11.9 Å². The standard InChI is InChI=1S/C16H24N2O4/c1-12(10-16(2)21-8-9-22-16)11-17-15(19)18-13-4-6-14(20-3)7-5-13/h4-7,12H,8-11H2,1-3H3,(H2,17,18,19)/t12-/m0/s1. The van der Waals surface area contributed by atoms with E-state index >= 15 is 0 Å². The molecule has 122 valence electrons. The van der Waals surface area contributed by atoms with Crippen molar-refractivity contribution in [2.24, 2.45) is 5.92 Å². The van der Waals surface area contributed by atoms with Crippen LogP contribution in [0.2, 0.25) is 0 Å². The van der Waals surface area contributed by atoms with E-state index in [1.54, 1.807) is 31.4 Å². The number of methoxy groups -OCH3 is 1. The van der Waals surface area contributed by atoms with Gasteiger partial charge in [0.15, 0.2) is 5.79 Å². The fourth-order valence-electron chi connectivity index (χ4n) is 2.50. The van der Waals surface area contributed by atoms with E-state index in [9.17, 15) is 4.79 Å². The topological polar surface area (TPSA) is 68.8 Å². The molecular weight excluding hydrogens is 284 g/mol. The summed E-state index contributed by atoms with van der Waals surface area (Å²) in [5, 5.41) is 5.64. The molecule has 2 amide bonds. The van der Waals surface area contributed by atoms with Crippen LogP contribution in [0.4, 0.5) is 10.5 Å². The van der Waals surface area contributed by atoms with E-state index in [2.05, 4.69) is 17.6 Å². The van der Waals surface area contributed by atoms with E-state index in [1.165, 1.54) is 0 Å². The number of ether oxygens (including phenoxy) is 3. The average Bonchev–Trinajstić information content (AvgIpc) is 2.92. The first kappa shape index (κ1) is 16.6. The van der Waals surface area contributed by atoms with Gasteiger partial charge in [0, 0.05) is 18.7 Å². The maximum Gasteiger partial charge on any atom is 0.319 e. The first-order valence-electron chi connectivity index (χ1n) is 7.47. The summed E-state index contributed by atoms with van der Waals surface area (Å²) < 4.78 is 16.2. The van der Waals surface area contributed by atoms with Crippen LogP contribution in [-0.4, -0.2) is 38.7 Å². The Morgan fingerprint density at radius 1 is 1.32 bits per heavy atom. The summed E-state index contributed by atoms with van der Waals surface area (Å²) in [4.78, 5) is 11.9. The van der Waals surface area contributed by atoms with Crippen molar-refractivity contribution in [2.45, 2.75) is 26.1 Å². The molecule has 0 saturated carbocycles. The molecule has 2 rings (SSSR count). The Morgan fingerprint density at radius 2 is 1.95 bits per heavy atom. The zero-order valence-electron chi connectivity index (χ0n) is 13.3. The number of benzene rings is 1. The Kier molecular flexibility index (Phi) is 5.63. The first-order valence-corrected chi connectivity index (χ1v) is 7.47. The van der Waals surface area contributed by atoms with Crippen molar-refractivity contribution in [1.29, 1.82) is 0 Å². The summed E-state index contributed by atoms with van der Waals surface area (Å²) in [5.41, 5.74) is 0.723. The van der Waals surface area contributed by atoms with E-state index in [0.717, 1.165) is 17.9 Å². The summed E-state index contributed by atoms with van der Waals surface area (Å²) in [6.07, 6.45) is 0.746. The van der Waals surface area contributed by atoms with Crippen molar-refractivity contribution in [3.63, 3.8) is 0 Å². The van der Waals surface area contributed by atoms with Crippen LogP contribution in [-0.2, 0) is 9.47 Å². The maximum absolute atomic E-state index is 11.9. The predicted molar refractivity (Wildman–Crippen MR) is 84.1 cm³/mol. The lowest BCUT2D eigenvalue weighted by Gasteiger charge is -2.26. The van der Waals surface area contributed by atoms with Gasteiger partial charge in [0.1, 0.15) is 5.75 Å². The van der Waals surface area contributed by atoms with Gasteiger partial charge in [-0.3, -0.25) is 0 Å². The molecule has 2 N–H and O–H groups in total. The number of amides is 2. The van der Waals surface area contributed by atoms with Gasteiger partial charge in [-0.1, -0.05) is 6.92 Å². The van der Waals surface area contributed by atoms with E-state index < -0.39 is 5.79 Å². The number of anilines is 1. The Bertz CT molecular complexity index is 483. The highest BCUT2D eigenvalue weighted by atomic mass is 16.7. The number of hydrogen-bond donors (Lipinski definition) is 2. The van der Waals surface area contributed by atoms with E-state index in [1.807, 2.05) is 6.92 Å². The summed E-state index contributed by atoms with van der Waals surface area (Å²) >= 11 is 0. The second kappa shape index (κ2) is 7.47. The molecule has 1 heterocycles. The molecule has 1 fully saturated rings. The van der Waals surface area contributed by atoms with Gasteiger partial charge >= 0.3 is 6.03 Å². The molecule has 6 heteroatoms. The quantitative estimate of drug-likeness (QED) is 0.847.